The summed E-state index contributed by atoms with van der Waals surface area (Å²) in [7, 11) is 0. The Morgan fingerprint density at radius 1 is 1.03 bits per heavy atom. The van der Waals surface area contributed by atoms with Gasteiger partial charge < -0.3 is 20.4 Å². The van der Waals surface area contributed by atoms with Crippen molar-refractivity contribution in [1.82, 2.24) is 9.80 Å². The minimum absolute atomic E-state index is 0. The first-order valence-corrected chi connectivity index (χ1v) is 10.4. The van der Waals surface area contributed by atoms with Gasteiger partial charge in [0.05, 0.1) is 5.69 Å². The summed E-state index contributed by atoms with van der Waals surface area (Å²) in [6.07, 6.45) is 0.745. The second-order valence-electron chi connectivity index (χ2n) is 7.40. The molecule has 5 nitrogen and oxygen atoms in total. The number of benzene rings is 2. The molecular weight excluding hydrogens is 438 g/mol. The molecule has 0 bridgehead atoms. The molecule has 0 aliphatic carbocycles. The number of anilines is 1. The molecule has 1 fully saturated rings. The average Bonchev–Trinajstić information content (AvgIpc) is 2.77. The van der Waals surface area contributed by atoms with Gasteiger partial charge in [-0.05, 0) is 36.7 Å². The average molecular weight is 471 g/mol. The van der Waals surface area contributed by atoms with Crippen molar-refractivity contribution in [2.45, 2.75) is 13.3 Å². The minimum atomic E-state index is -0.337. The summed E-state index contributed by atoms with van der Waals surface area (Å²) >= 11 is 0. The predicted molar refractivity (Wildman–Crippen MR) is 130 cm³/mol. The van der Waals surface area contributed by atoms with Crippen LogP contribution in [-0.4, -0.2) is 68.1 Å². The monoisotopic (exact) mass is 470 g/mol. The summed E-state index contributed by atoms with van der Waals surface area (Å²) in [6, 6.07) is 14.9. The fraction of sp³-hybridized carbons (Fsp3) is 0.435. The summed E-state index contributed by atoms with van der Waals surface area (Å²) in [5, 5.41) is 0. The zero-order valence-electron chi connectivity index (χ0n) is 18.0. The van der Waals surface area contributed by atoms with E-state index in [4.69, 9.17) is 5.73 Å². The van der Waals surface area contributed by atoms with Gasteiger partial charge in [0.15, 0.2) is 0 Å². The van der Waals surface area contributed by atoms with Gasteiger partial charge in [-0.2, -0.15) is 0 Å². The Hall–Kier alpha value is -1.86. The topological polar surface area (TPSA) is 52.8 Å². The summed E-state index contributed by atoms with van der Waals surface area (Å²) in [4.78, 5) is 19.1. The number of carbonyl (C=O) groups excluding carboxylic acids is 1. The van der Waals surface area contributed by atoms with Crippen LogP contribution in [0.4, 0.5) is 10.1 Å². The van der Waals surface area contributed by atoms with E-state index in [0.717, 1.165) is 44.7 Å². The van der Waals surface area contributed by atoms with Crippen LogP contribution < -0.4 is 10.6 Å². The Balaban J connectivity index is 0.00000240. The van der Waals surface area contributed by atoms with Crippen molar-refractivity contribution < 1.29 is 9.18 Å². The van der Waals surface area contributed by atoms with Gasteiger partial charge in [0.25, 0.3) is 5.91 Å². The molecule has 2 N–H and O–H groups in total. The third-order valence-corrected chi connectivity index (χ3v) is 5.55. The zero-order valence-corrected chi connectivity index (χ0v) is 19.6. The third-order valence-electron chi connectivity index (χ3n) is 5.55. The molecule has 0 aromatic heterocycles. The smallest absolute Gasteiger partial charge is 0.254 e. The first-order valence-electron chi connectivity index (χ1n) is 10.4. The number of piperazine rings is 1. The molecule has 2 aromatic carbocycles. The zero-order chi connectivity index (χ0) is 20.6. The van der Waals surface area contributed by atoms with Crippen molar-refractivity contribution in [3.8, 4) is 0 Å². The van der Waals surface area contributed by atoms with Crippen molar-refractivity contribution in [2.24, 2.45) is 5.73 Å². The van der Waals surface area contributed by atoms with Crippen LogP contribution in [-0.2, 0) is 6.42 Å². The highest BCUT2D eigenvalue weighted by Gasteiger charge is 2.21. The molecule has 1 aliphatic heterocycles. The molecule has 0 unspecified atom stereocenters. The van der Waals surface area contributed by atoms with E-state index in [1.165, 1.54) is 6.07 Å². The van der Waals surface area contributed by atoms with E-state index in [2.05, 4.69) is 16.7 Å². The highest BCUT2D eigenvalue weighted by atomic mass is 35.5. The van der Waals surface area contributed by atoms with Gasteiger partial charge in [-0.3, -0.25) is 4.79 Å². The lowest BCUT2D eigenvalue weighted by atomic mass is 10.1. The molecule has 172 valence electrons. The maximum absolute atomic E-state index is 14.8. The molecule has 3 rings (SSSR count). The number of amides is 1. The fourth-order valence-electron chi connectivity index (χ4n) is 3.76. The molecule has 0 saturated carbocycles. The molecule has 1 aliphatic rings. The van der Waals surface area contributed by atoms with Gasteiger partial charge in [0.2, 0.25) is 0 Å². The molecular formula is C23H33Cl2FN4O. The van der Waals surface area contributed by atoms with Crippen LogP contribution in [0.3, 0.4) is 0 Å². The number of rotatable bonds is 8. The number of halogens is 3. The van der Waals surface area contributed by atoms with Crippen LogP contribution in [0.1, 0.15) is 22.8 Å². The number of nitrogens with zero attached hydrogens (tertiary/aromatic N) is 3. The maximum atomic E-state index is 14.8. The summed E-state index contributed by atoms with van der Waals surface area (Å²) in [6.45, 7) is 8.01. The van der Waals surface area contributed by atoms with Gasteiger partial charge in [-0.1, -0.05) is 37.3 Å². The van der Waals surface area contributed by atoms with Crippen LogP contribution in [0.5, 0.6) is 0 Å². The largest absolute Gasteiger partial charge is 0.367 e. The number of hydrogen-bond acceptors (Lipinski definition) is 4. The summed E-state index contributed by atoms with van der Waals surface area (Å²) in [5.41, 5.74) is 7.82. The standard InChI is InChI=1S/C23H31FN4O.2ClH/c1-2-26-14-16-27(17-15-26)22-9-8-20(18-21(22)24)23(29)28(13-11-25)12-10-19-6-4-3-5-7-19;;/h3-9,18H,2,10-17,25H2,1H3;2*1H. The second kappa shape index (κ2) is 13.5. The van der Waals surface area contributed by atoms with Crippen molar-refractivity contribution in [3.63, 3.8) is 0 Å². The molecule has 1 heterocycles. The molecule has 0 radical (unpaired) electrons. The van der Waals surface area contributed by atoms with Gasteiger partial charge in [0.1, 0.15) is 5.82 Å². The van der Waals surface area contributed by atoms with Gasteiger partial charge in [-0.15, -0.1) is 24.8 Å². The van der Waals surface area contributed by atoms with E-state index >= 15 is 0 Å². The summed E-state index contributed by atoms with van der Waals surface area (Å²) < 4.78 is 14.8. The lowest BCUT2D eigenvalue weighted by Crippen LogP contribution is -2.46. The van der Waals surface area contributed by atoms with Gasteiger partial charge in [0, 0.05) is 51.4 Å². The van der Waals surface area contributed by atoms with Crippen molar-refractivity contribution in [2.75, 3.05) is 57.3 Å². The molecule has 0 spiro atoms. The van der Waals surface area contributed by atoms with E-state index < -0.39 is 0 Å². The van der Waals surface area contributed by atoms with E-state index in [-0.39, 0.29) is 36.5 Å². The van der Waals surface area contributed by atoms with Crippen LogP contribution in [0.2, 0.25) is 0 Å². The lowest BCUT2D eigenvalue weighted by Gasteiger charge is -2.35. The van der Waals surface area contributed by atoms with E-state index in [0.29, 0.717) is 30.9 Å². The normalized spacial score (nSPS) is 13.8. The highest BCUT2D eigenvalue weighted by molar-refractivity contribution is 5.94. The van der Waals surface area contributed by atoms with Crippen LogP contribution in [0.15, 0.2) is 48.5 Å². The summed E-state index contributed by atoms with van der Waals surface area (Å²) in [5.74, 6) is -0.510. The Morgan fingerprint density at radius 3 is 2.29 bits per heavy atom. The number of nitrogens with two attached hydrogens (primary N) is 1. The Kier molecular flexibility index (Phi) is 11.9. The lowest BCUT2D eigenvalue weighted by molar-refractivity contribution is 0.0761. The first-order chi connectivity index (χ1) is 14.1. The van der Waals surface area contributed by atoms with E-state index in [1.807, 2.05) is 30.3 Å². The van der Waals surface area contributed by atoms with Crippen LogP contribution in [0.25, 0.3) is 0 Å². The highest BCUT2D eigenvalue weighted by Crippen LogP contribution is 2.23. The molecule has 2 aromatic rings. The minimum Gasteiger partial charge on any atom is -0.367 e. The van der Waals surface area contributed by atoms with Crippen LogP contribution in [0, 0.1) is 5.82 Å². The number of carbonyl (C=O) groups is 1. The van der Waals surface area contributed by atoms with E-state index in [1.54, 1.807) is 17.0 Å². The molecule has 8 heteroatoms. The molecule has 1 amide bonds. The quantitative estimate of drug-likeness (QED) is 0.641. The predicted octanol–water partition coefficient (Wildman–Crippen LogP) is 3.45. The third kappa shape index (κ3) is 7.35. The second-order valence-corrected chi connectivity index (χ2v) is 7.40. The van der Waals surface area contributed by atoms with E-state index in [9.17, 15) is 9.18 Å². The van der Waals surface area contributed by atoms with Crippen molar-refractivity contribution in [3.05, 3.63) is 65.5 Å². The Labute approximate surface area is 197 Å². The van der Waals surface area contributed by atoms with Crippen LogP contribution >= 0.6 is 24.8 Å². The number of likely N-dealkylation sites (N-methyl/N-ethyl adjacent to an activating group) is 1. The SMILES string of the molecule is CCN1CCN(c2ccc(C(=O)N(CCN)CCc3ccccc3)cc2F)CC1.Cl.Cl. The molecule has 1 saturated heterocycles. The van der Waals surface area contributed by atoms with Crippen molar-refractivity contribution >= 4 is 36.4 Å². The number of hydrogen-bond donors (Lipinski definition) is 1. The first kappa shape index (κ1) is 27.2. The van der Waals surface area contributed by atoms with Crippen molar-refractivity contribution in [1.29, 1.82) is 0 Å². The van der Waals surface area contributed by atoms with Gasteiger partial charge in [-0.25, -0.2) is 4.39 Å². The van der Waals surface area contributed by atoms with Gasteiger partial charge >= 0.3 is 0 Å². The Bertz CT molecular complexity index is 801. The fourth-order valence-corrected chi connectivity index (χ4v) is 3.76. The molecule has 0 atom stereocenters. The molecule has 31 heavy (non-hydrogen) atoms. The maximum Gasteiger partial charge on any atom is 0.254 e. The Morgan fingerprint density at radius 2 is 1.71 bits per heavy atom.